The lowest BCUT2D eigenvalue weighted by atomic mass is 10.0. The van der Waals surface area contributed by atoms with Crippen LogP contribution in [-0.2, 0) is 11.2 Å². The number of aromatic amines is 1. The minimum absolute atomic E-state index is 0.215. The third-order valence-electron chi connectivity index (χ3n) is 4.91. The molecule has 7 nitrogen and oxygen atoms in total. The molecule has 26 heavy (non-hydrogen) atoms. The van der Waals surface area contributed by atoms with Crippen molar-refractivity contribution in [3.05, 3.63) is 52.4 Å². The average Bonchev–Trinajstić information content (AvgIpc) is 3.35. The predicted molar refractivity (Wildman–Crippen MR) is 99.7 cm³/mol. The Kier molecular flexibility index (Phi) is 4.38. The Hall–Kier alpha value is -2.80. The van der Waals surface area contributed by atoms with Crippen LogP contribution in [0.4, 0.5) is 0 Å². The van der Waals surface area contributed by atoms with Crippen molar-refractivity contribution in [3.8, 4) is 0 Å². The highest BCUT2D eigenvalue weighted by Gasteiger charge is 2.25. The van der Waals surface area contributed by atoms with Crippen LogP contribution < -0.4 is 10.7 Å². The number of rotatable bonds is 6. The average molecular weight is 350 g/mol. The third kappa shape index (κ3) is 3.30. The molecule has 7 heteroatoms. The van der Waals surface area contributed by atoms with Crippen LogP contribution >= 0.6 is 0 Å². The molecule has 0 aromatic carbocycles. The zero-order valence-electron chi connectivity index (χ0n) is 15.0. The summed E-state index contributed by atoms with van der Waals surface area (Å²) in [7, 11) is 0. The Balaban J connectivity index is 1.60. The van der Waals surface area contributed by atoms with Crippen LogP contribution in [-0.4, -0.2) is 39.2 Å². The van der Waals surface area contributed by atoms with Crippen molar-refractivity contribution in [2.45, 2.75) is 39.2 Å². The first-order valence-corrected chi connectivity index (χ1v) is 8.90. The van der Waals surface area contributed by atoms with E-state index in [1.54, 1.807) is 12.4 Å². The minimum atomic E-state index is -0.215. The maximum Gasteiger partial charge on any atom is 0.273 e. The second-order valence-electron chi connectivity index (χ2n) is 6.83. The largest absolute Gasteiger partial charge is 0.359 e. The van der Waals surface area contributed by atoms with E-state index in [-0.39, 0.29) is 5.91 Å². The summed E-state index contributed by atoms with van der Waals surface area (Å²) in [6.07, 6.45) is 10.2. The number of amides is 1. The monoisotopic (exact) mass is 350 g/mol. The lowest BCUT2D eigenvalue weighted by Gasteiger charge is -2.04. The number of aryl methyl sites for hydroxylation is 1. The van der Waals surface area contributed by atoms with Gasteiger partial charge in [-0.05, 0) is 56.9 Å². The van der Waals surface area contributed by atoms with E-state index in [0.717, 1.165) is 24.4 Å². The van der Waals surface area contributed by atoms with Gasteiger partial charge < -0.3 is 10.3 Å². The maximum atomic E-state index is 12.3. The van der Waals surface area contributed by atoms with Crippen molar-refractivity contribution in [3.63, 3.8) is 0 Å². The zero-order chi connectivity index (χ0) is 18.1. The van der Waals surface area contributed by atoms with Gasteiger partial charge in [-0.2, -0.15) is 5.10 Å². The van der Waals surface area contributed by atoms with Crippen LogP contribution in [0, 0.1) is 13.8 Å². The smallest absolute Gasteiger partial charge is 0.273 e. The molecule has 0 saturated heterocycles. The van der Waals surface area contributed by atoms with Crippen LogP contribution in [0.3, 0.4) is 0 Å². The Morgan fingerprint density at radius 1 is 1.27 bits per heavy atom. The molecule has 1 aliphatic heterocycles. The van der Waals surface area contributed by atoms with Gasteiger partial charge in [0, 0.05) is 35.4 Å². The van der Waals surface area contributed by atoms with Gasteiger partial charge in [0.1, 0.15) is 12.0 Å². The molecular weight excluding hydrogens is 328 g/mol. The Morgan fingerprint density at radius 3 is 2.77 bits per heavy atom. The molecule has 1 saturated carbocycles. The molecule has 0 spiro atoms. The molecule has 1 aliphatic carbocycles. The molecule has 134 valence electrons. The van der Waals surface area contributed by atoms with Crippen molar-refractivity contribution in [2.75, 3.05) is 6.54 Å². The first kappa shape index (κ1) is 16.7. The summed E-state index contributed by atoms with van der Waals surface area (Å²) >= 11 is 0. The SMILES string of the molecule is Cc1[nH]c(/C=C2/C(=O)NN=C2c2cncnc2)c(C)c1CCNC1CC1. The summed E-state index contributed by atoms with van der Waals surface area (Å²) in [6.45, 7) is 5.16. The van der Waals surface area contributed by atoms with Gasteiger partial charge in [-0.25, -0.2) is 15.4 Å². The van der Waals surface area contributed by atoms with Crippen molar-refractivity contribution in [1.29, 1.82) is 0 Å². The summed E-state index contributed by atoms with van der Waals surface area (Å²) in [5, 5.41) is 7.70. The first-order chi connectivity index (χ1) is 12.6. The van der Waals surface area contributed by atoms with E-state index in [1.807, 2.05) is 6.08 Å². The van der Waals surface area contributed by atoms with Gasteiger partial charge in [0.15, 0.2) is 0 Å². The van der Waals surface area contributed by atoms with Crippen LogP contribution in [0.1, 0.15) is 40.9 Å². The number of aromatic nitrogens is 3. The number of H-pyrrole nitrogens is 1. The van der Waals surface area contributed by atoms with Crippen LogP contribution in [0.15, 0.2) is 29.4 Å². The molecule has 3 heterocycles. The van der Waals surface area contributed by atoms with E-state index in [2.05, 4.69) is 44.6 Å². The summed E-state index contributed by atoms with van der Waals surface area (Å²) in [6, 6.07) is 0.713. The van der Waals surface area contributed by atoms with E-state index < -0.39 is 0 Å². The molecule has 2 aliphatic rings. The van der Waals surface area contributed by atoms with Crippen molar-refractivity contribution in [2.24, 2.45) is 5.10 Å². The second-order valence-corrected chi connectivity index (χ2v) is 6.83. The first-order valence-electron chi connectivity index (χ1n) is 8.90. The fraction of sp³-hybridized carbons (Fsp3) is 0.368. The highest BCUT2D eigenvalue weighted by Crippen LogP contribution is 2.24. The molecular formula is C19H22N6O. The molecule has 0 radical (unpaired) electrons. The van der Waals surface area contributed by atoms with E-state index in [9.17, 15) is 4.79 Å². The quantitative estimate of drug-likeness (QED) is 0.690. The van der Waals surface area contributed by atoms with E-state index >= 15 is 0 Å². The number of carbonyl (C=O) groups is 1. The van der Waals surface area contributed by atoms with E-state index in [1.165, 1.54) is 30.3 Å². The Bertz CT molecular complexity index is 892. The lowest BCUT2D eigenvalue weighted by Crippen LogP contribution is -2.19. The molecule has 1 amide bonds. The third-order valence-corrected chi connectivity index (χ3v) is 4.91. The maximum absolute atomic E-state index is 12.3. The highest BCUT2D eigenvalue weighted by molar-refractivity contribution is 6.33. The minimum Gasteiger partial charge on any atom is -0.359 e. The van der Waals surface area contributed by atoms with Gasteiger partial charge in [0.05, 0.1) is 5.57 Å². The molecule has 0 bridgehead atoms. The molecule has 2 aromatic heterocycles. The number of hydrogen-bond acceptors (Lipinski definition) is 5. The normalized spacial score (nSPS) is 18.3. The summed E-state index contributed by atoms with van der Waals surface area (Å²) in [5.74, 6) is -0.215. The summed E-state index contributed by atoms with van der Waals surface area (Å²) < 4.78 is 0. The zero-order valence-corrected chi connectivity index (χ0v) is 15.0. The van der Waals surface area contributed by atoms with Crippen LogP contribution in [0.2, 0.25) is 0 Å². The Morgan fingerprint density at radius 2 is 2.04 bits per heavy atom. The fourth-order valence-electron chi connectivity index (χ4n) is 3.28. The summed E-state index contributed by atoms with van der Waals surface area (Å²) in [4.78, 5) is 23.7. The molecule has 0 atom stereocenters. The van der Waals surface area contributed by atoms with E-state index in [0.29, 0.717) is 22.9 Å². The van der Waals surface area contributed by atoms with Gasteiger partial charge >= 0.3 is 0 Å². The Labute approximate surface area is 152 Å². The van der Waals surface area contributed by atoms with E-state index in [4.69, 9.17) is 0 Å². The number of hydrogen-bond donors (Lipinski definition) is 3. The number of nitrogens with one attached hydrogen (secondary N) is 3. The van der Waals surface area contributed by atoms with Gasteiger partial charge in [-0.15, -0.1) is 0 Å². The predicted octanol–water partition coefficient (Wildman–Crippen LogP) is 1.63. The van der Waals surface area contributed by atoms with Crippen molar-refractivity contribution in [1.82, 2.24) is 25.7 Å². The topological polar surface area (TPSA) is 95.1 Å². The van der Waals surface area contributed by atoms with Gasteiger partial charge in [-0.3, -0.25) is 4.79 Å². The van der Waals surface area contributed by atoms with Crippen LogP contribution in [0.5, 0.6) is 0 Å². The molecule has 3 N–H and O–H groups in total. The number of nitrogens with zero attached hydrogens (tertiary/aromatic N) is 3. The second kappa shape index (κ2) is 6.84. The van der Waals surface area contributed by atoms with Gasteiger partial charge in [0.25, 0.3) is 5.91 Å². The van der Waals surface area contributed by atoms with Crippen molar-refractivity contribution >= 4 is 17.7 Å². The highest BCUT2D eigenvalue weighted by atomic mass is 16.2. The number of carbonyl (C=O) groups excluding carboxylic acids is 1. The van der Waals surface area contributed by atoms with Crippen LogP contribution in [0.25, 0.3) is 6.08 Å². The van der Waals surface area contributed by atoms with Gasteiger partial charge in [-0.1, -0.05) is 0 Å². The fourth-order valence-corrected chi connectivity index (χ4v) is 3.28. The molecule has 4 rings (SSSR count). The standard InChI is InChI=1S/C19H22N6O/c1-11-15(5-6-22-14-3-4-14)12(2)23-17(11)7-16-18(24-25-19(16)26)13-8-20-10-21-9-13/h7-10,14,22-23H,3-6H2,1-2H3,(H,25,26)/b16-7+. The lowest BCUT2D eigenvalue weighted by molar-refractivity contribution is -0.116. The molecule has 2 aromatic rings. The number of hydrazone groups is 1. The van der Waals surface area contributed by atoms with Gasteiger partial charge in [0.2, 0.25) is 0 Å². The summed E-state index contributed by atoms with van der Waals surface area (Å²) in [5.41, 5.74) is 8.92. The van der Waals surface area contributed by atoms with Crippen molar-refractivity contribution < 1.29 is 4.79 Å². The molecule has 0 unspecified atom stereocenters. The molecule has 1 fully saturated rings.